The second-order valence-electron chi connectivity index (χ2n) is 7.05. The van der Waals surface area contributed by atoms with Crippen LogP contribution in [0.25, 0.3) is 0 Å². The van der Waals surface area contributed by atoms with Gasteiger partial charge in [-0.1, -0.05) is 31.2 Å². The van der Waals surface area contributed by atoms with Gasteiger partial charge >= 0.3 is 6.03 Å². The number of carbonyl (C=O) groups excluding carboxylic acids is 1. The van der Waals surface area contributed by atoms with Crippen molar-refractivity contribution in [3.8, 4) is 5.75 Å². The Morgan fingerprint density at radius 1 is 1.18 bits per heavy atom. The van der Waals surface area contributed by atoms with Crippen LogP contribution >= 0.6 is 0 Å². The second-order valence-corrected chi connectivity index (χ2v) is 7.05. The maximum atomic E-state index is 13.3. The Bertz CT molecular complexity index is 774. The van der Waals surface area contributed by atoms with Crippen LogP contribution in [0, 0.1) is 5.82 Å². The number of urea groups is 1. The highest BCUT2D eigenvalue weighted by Crippen LogP contribution is 2.25. The largest absolute Gasteiger partial charge is 0.495 e. The third-order valence-electron chi connectivity index (χ3n) is 5.32. The number of ether oxygens (including phenoxy) is 1. The maximum Gasteiger partial charge on any atom is 0.322 e. The molecule has 1 aliphatic rings. The molecule has 1 fully saturated rings. The molecule has 150 valence electrons. The number of nitrogens with zero attached hydrogens (tertiary/aromatic N) is 2. The molecular weight excluding hydrogens is 357 g/mol. The van der Waals surface area contributed by atoms with Crippen molar-refractivity contribution in [1.29, 1.82) is 0 Å². The zero-order valence-corrected chi connectivity index (χ0v) is 16.5. The Hall–Kier alpha value is -2.60. The van der Waals surface area contributed by atoms with Gasteiger partial charge in [-0.2, -0.15) is 0 Å². The summed E-state index contributed by atoms with van der Waals surface area (Å²) in [6, 6.07) is 13.7. The summed E-state index contributed by atoms with van der Waals surface area (Å²) in [5.74, 6) is 0.350. The summed E-state index contributed by atoms with van der Waals surface area (Å²) in [6.45, 7) is 5.58. The first-order chi connectivity index (χ1) is 13.6. The summed E-state index contributed by atoms with van der Waals surface area (Å²) in [4.78, 5) is 17.4. The van der Waals surface area contributed by atoms with Gasteiger partial charge in [0.25, 0.3) is 0 Å². The summed E-state index contributed by atoms with van der Waals surface area (Å²) in [5.41, 5.74) is 1.56. The third-order valence-corrected chi connectivity index (χ3v) is 5.32. The van der Waals surface area contributed by atoms with Crippen molar-refractivity contribution in [2.24, 2.45) is 0 Å². The number of rotatable bonds is 6. The van der Waals surface area contributed by atoms with E-state index in [4.69, 9.17) is 4.74 Å². The first-order valence-electron chi connectivity index (χ1n) is 9.78. The van der Waals surface area contributed by atoms with Crippen LogP contribution in [-0.4, -0.2) is 48.6 Å². The van der Waals surface area contributed by atoms with Crippen LogP contribution in [0.2, 0.25) is 0 Å². The minimum absolute atomic E-state index is 0.141. The van der Waals surface area contributed by atoms with Crippen LogP contribution in [0.5, 0.6) is 5.75 Å². The minimum Gasteiger partial charge on any atom is -0.495 e. The Balaban J connectivity index is 1.78. The number of methoxy groups -OCH3 is 1. The van der Waals surface area contributed by atoms with Crippen molar-refractivity contribution in [2.45, 2.75) is 32.4 Å². The van der Waals surface area contributed by atoms with E-state index in [1.54, 1.807) is 19.2 Å². The van der Waals surface area contributed by atoms with Gasteiger partial charge in [0.05, 0.1) is 12.8 Å². The van der Waals surface area contributed by atoms with Gasteiger partial charge < -0.3 is 19.9 Å². The van der Waals surface area contributed by atoms with E-state index in [1.807, 2.05) is 29.2 Å². The summed E-state index contributed by atoms with van der Waals surface area (Å²) in [6.07, 6.45) is 1.85. The molecule has 2 amide bonds. The van der Waals surface area contributed by atoms with Gasteiger partial charge in [0.1, 0.15) is 11.6 Å². The minimum atomic E-state index is -0.273. The number of amides is 2. The van der Waals surface area contributed by atoms with Gasteiger partial charge in [-0.15, -0.1) is 0 Å². The fraction of sp³-hybridized carbons (Fsp3) is 0.409. The number of halogens is 1. The number of hydrogen-bond acceptors (Lipinski definition) is 3. The molecular formula is C22H28FN3O2. The lowest BCUT2D eigenvalue weighted by Crippen LogP contribution is -2.48. The number of anilines is 1. The Kier molecular flexibility index (Phi) is 6.87. The van der Waals surface area contributed by atoms with Crippen LogP contribution in [0.3, 0.4) is 0 Å². The van der Waals surface area contributed by atoms with Crippen LogP contribution in [0.4, 0.5) is 14.9 Å². The molecule has 0 saturated carbocycles. The molecule has 0 aromatic heterocycles. The molecule has 1 heterocycles. The molecule has 2 aromatic rings. The Morgan fingerprint density at radius 3 is 2.50 bits per heavy atom. The highest BCUT2D eigenvalue weighted by atomic mass is 19.1. The molecule has 2 aromatic carbocycles. The van der Waals surface area contributed by atoms with Crippen molar-refractivity contribution < 1.29 is 13.9 Å². The van der Waals surface area contributed by atoms with Gasteiger partial charge in [0.15, 0.2) is 0 Å². The van der Waals surface area contributed by atoms with Gasteiger partial charge in [-0.25, -0.2) is 9.18 Å². The molecule has 6 heteroatoms. The molecule has 3 rings (SSSR count). The molecule has 5 nitrogen and oxygen atoms in total. The summed E-state index contributed by atoms with van der Waals surface area (Å²) < 4.78 is 18.6. The van der Waals surface area contributed by atoms with E-state index in [0.29, 0.717) is 18.0 Å². The molecule has 1 aliphatic heterocycles. The van der Waals surface area contributed by atoms with E-state index in [9.17, 15) is 9.18 Å². The number of piperidine rings is 1. The number of carbonyl (C=O) groups is 1. The average Bonchev–Trinajstić information content (AvgIpc) is 2.73. The van der Waals surface area contributed by atoms with E-state index >= 15 is 0 Å². The smallest absolute Gasteiger partial charge is 0.322 e. The molecule has 0 spiro atoms. The number of likely N-dealkylation sites (tertiary alicyclic amines) is 1. The van der Waals surface area contributed by atoms with Crippen molar-refractivity contribution >= 4 is 11.7 Å². The predicted octanol–water partition coefficient (Wildman–Crippen LogP) is 4.35. The zero-order valence-electron chi connectivity index (χ0n) is 16.5. The average molecular weight is 385 g/mol. The zero-order chi connectivity index (χ0) is 19.9. The molecule has 0 bridgehead atoms. The van der Waals surface area contributed by atoms with E-state index in [0.717, 1.165) is 38.0 Å². The van der Waals surface area contributed by atoms with Gasteiger partial charge in [-0.3, -0.25) is 0 Å². The normalized spacial score (nSPS) is 15.2. The lowest BCUT2D eigenvalue weighted by Gasteiger charge is -2.38. The number of para-hydroxylation sites is 2. The predicted molar refractivity (Wildman–Crippen MR) is 109 cm³/mol. The van der Waals surface area contributed by atoms with Crippen molar-refractivity contribution in [2.75, 3.05) is 32.1 Å². The van der Waals surface area contributed by atoms with E-state index < -0.39 is 0 Å². The highest BCUT2D eigenvalue weighted by Gasteiger charge is 2.28. The standard InChI is InChI=1S/C22H28FN3O2/c1-3-25-14-12-19(13-15-25)26(16-17-8-10-18(23)11-9-17)22(27)24-20-6-4-5-7-21(20)28-2/h4-11,19H,3,12-16H2,1-2H3,(H,24,27). The second kappa shape index (κ2) is 9.55. The monoisotopic (exact) mass is 385 g/mol. The number of nitrogens with one attached hydrogen (secondary N) is 1. The summed E-state index contributed by atoms with van der Waals surface area (Å²) in [7, 11) is 1.59. The SMILES string of the molecule is CCN1CCC(N(Cc2ccc(F)cc2)C(=O)Nc2ccccc2OC)CC1. The fourth-order valence-corrected chi connectivity index (χ4v) is 3.64. The van der Waals surface area contributed by atoms with Crippen LogP contribution in [0.1, 0.15) is 25.3 Å². The molecule has 0 unspecified atom stereocenters. The quantitative estimate of drug-likeness (QED) is 0.804. The van der Waals surface area contributed by atoms with E-state index in [2.05, 4.69) is 17.1 Å². The molecule has 0 aliphatic carbocycles. The molecule has 1 N–H and O–H groups in total. The van der Waals surface area contributed by atoms with Crippen molar-refractivity contribution in [1.82, 2.24) is 9.80 Å². The van der Waals surface area contributed by atoms with Gasteiger partial charge in [0, 0.05) is 25.7 Å². The van der Waals surface area contributed by atoms with Crippen molar-refractivity contribution in [3.05, 3.63) is 59.9 Å². The lowest BCUT2D eigenvalue weighted by atomic mass is 10.0. The van der Waals surface area contributed by atoms with E-state index in [-0.39, 0.29) is 17.9 Å². The topological polar surface area (TPSA) is 44.8 Å². The van der Waals surface area contributed by atoms with Crippen molar-refractivity contribution in [3.63, 3.8) is 0 Å². The van der Waals surface area contributed by atoms with Gasteiger partial charge in [-0.05, 0) is 49.2 Å². The first-order valence-corrected chi connectivity index (χ1v) is 9.78. The summed E-state index contributed by atoms with van der Waals surface area (Å²) in [5, 5.41) is 2.99. The number of benzene rings is 2. The van der Waals surface area contributed by atoms with Crippen LogP contribution in [0.15, 0.2) is 48.5 Å². The van der Waals surface area contributed by atoms with E-state index in [1.165, 1.54) is 12.1 Å². The highest BCUT2D eigenvalue weighted by molar-refractivity contribution is 5.91. The Labute approximate surface area is 166 Å². The molecule has 0 atom stereocenters. The third kappa shape index (κ3) is 5.01. The Morgan fingerprint density at radius 2 is 1.86 bits per heavy atom. The first kappa shape index (κ1) is 20.1. The molecule has 0 radical (unpaired) electrons. The fourth-order valence-electron chi connectivity index (χ4n) is 3.64. The van der Waals surface area contributed by atoms with Crippen LogP contribution < -0.4 is 10.1 Å². The number of hydrogen-bond donors (Lipinski definition) is 1. The maximum absolute atomic E-state index is 13.3. The van der Waals surface area contributed by atoms with Crippen LogP contribution in [-0.2, 0) is 6.54 Å². The lowest BCUT2D eigenvalue weighted by molar-refractivity contribution is 0.126. The van der Waals surface area contributed by atoms with Gasteiger partial charge in [0.2, 0.25) is 0 Å². The molecule has 1 saturated heterocycles. The summed E-state index contributed by atoms with van der Waals surface area (Å²) >= 11 is 0. The molecule has 28 heavy (non-hydrogen) atoms.